The highest BCUT2D eigenvalue weighted by atomic mass is 127. The molecule has 138 valence electrons. The molecule has 0 aromatic heterocycles. The molecule has 2 heterocycles. The Hall–Kier alpha value is -2.69. The van der Waals surface area contributed by atoms with E-state index in [9.17, 15) is 23.9 Å². The Balaban J connectivity index is 1.73. The van der Waals surface area contributed by atoms with Gasteiger partial charge in [0.25, 0.3) is 11.8 Å². The van der Waals surface area contributed by atoms with E-state index < -0.39 is 23.3 Å². The first kappa shape index (κ1) is 17.7. The number of imide groups is 1. The molecular weight excluding hydrogens is 468 g/mol. The maximum absolute atomic E-state index is 13.3. The molecular formula is C18H13FIN3O4. The lowest BCUT2D eigenvalue weighted by Gasteiger charge is -2.31. The SMILES string of the molecule is O=C1NC(=O)C(CN2Cc3c(ccc(O)c3I)C2=O)(c2ccc(F)cc2)N1. The number of phenolic OH excluding ortho intramolecular Hbond substituents is 1. The average Bonchev–Trinajstić information content (AvgIpc) is 3.09. The highest BCUT2D eigenvalue weighted by Crippen LogP contribution is 2.35. The van der Waals surface area contributed by atoms with E-state index >= 15 is 0 Å². The van der Waals surface area contributed by atoms with E-state index in [-0.39, 0.29) is 24.7 Å². The molecule has 27 heavy (non-hydrogen) atoms. The zero-order chi connectivity index (χ0) is 19.3. The largest absolute Gasteiger partial charge is 0.507 e. The summed E-state index contributed by atoms with van der Waals surface area (Å²) < 4.78 is 13.9. The van der Waals surface area contributed by atoms with Crippen molar-refractivity contribution in [1.29, 1.82) is 0 Å². The lowest BCUT2D eigenvalue weighted by Crippen LogP contribution is -2.52. The molecule has 1 unspecified atom stereocenters. The van der Waals surface area contributed by atoms with Crippen LogP contribution in [0.2, 0.25) is 0 Å². The second-order valence-electron chi connectivity index (χ2n) is 6.41. The highest BCUT2D eigenvalue weighted by molar-refractivity contribution is 14.1. The fourth-order valence-electron chi connectivity index (χ4n) is 3.44. The van der Waals surface area contributed by atoms with Gasteiger partial charge < -0.3 is 15.3 Å². The predicted octanol–water partition coefficient (Wildman–Crippen LogP) is 1.83. The Morgan fingerprint density at radius 2 is 1.85 bits per heavy atom. The topological polar surface area (TPSA) is 98.7 Å². The molecule has 4 amide bonds. The Morgan fingerprint density at radius 1 is 1.15 bits per heavy atom. The summed E-state index contributed by atoms with van der Waals surface area (Å²) in [6.45, 7) is 0.0630. The van der Waals surface area contributed by atoms with E-state index in [4.69, 9.17) is 0 Å². The van der Waals surface area contributed by atoms with E-state index in [1.807, 2.05) is 22.6 Å². The van der Waals surface area contributed by atoms with Crippen molar-refractivity contribution in [2.24, 2.45) is 0 Å². The fraction of sp³-hybridized carbons (Fsp3) is 0.167. The number of amides is 4. The number of carbonyl (C=O) groups is 3. The van der Waals surface area contributed by atoms with Crippen LogP contribution in [0.1, 0.15) is 21.5 Å². The van der Waals surface area contributed by atoms with Crippen molar-refractivity contribution >= 4 is 40.4 Å². The van der Waals surface area contributed by atoms with Crippen LogP contribution in [-0.2, 0) is 16.9 Å². The van der Waals surface area contributed by atoms with Crippen LogP contribution in [0.15, 0.2) is 36.4 Å². The molecule has 4 rings (SSSR count). The van der Waals surface area contributed by atoms with Crippen LogP contribution >= 0.6 is 22.6 Å². The number of hydrogen-bond donors (Lipinski definition) is 3. The molecule has 2 aliphatic heterocycles. The zero-order valence-electron chi connectivity index (χ0n) is 13.8. The second-order valence-corrected chi connectivity index (χ2v) is 7.49. The Kier molecular flexibility index (Phi) is 4.06. The third kappa shape index (κ3) is 2.73. The normalized spacial score (nSPS) is 21.3. The van der Waals surface area contributed by atoms with Crippen LogP contribution < -0.4 is 10.6 Å². The first-order valence-corrected chi connectivity index (χ1v) is 9.09. The van der Waals surface area contributed by atoms with Gasteiger partial charge in [-0.3, -0.25) is 14.9 Å². The summed E-state index contributed by atoms with van der Waals surface area (Å²) in [5.41, 5.74) is -0.0417. The molecule has 3 N–H and O–H groups in total. The molecule has 2 aromatic carbocycles. The maximum Gasteiger partial charge on any atom is 0.322 e. The molecule has 2 aliphatic rings. The summed E-state index contributed by atoms with van der Waals surface area (Å²) in [6.07, 6.45) is 0. The van der Waals surface area contributed by atoms with Crippen LogP contribution in [0, 0.1) is 9.39 Å². The second kappa shape index (κ2) is 6.19. The number of nitrogens with zero attached hydrogens (tertiary/aromatic N) is 1. The minimum atomic E-state index is -1.52. The summed E-state index contributed by atoms with van der Waals surface area (Å²) in [4.78, 5) is 38.7. The van der Waals surface area contributed by atoms with Crippen LogP contribution in [0.5, 0.6) is 5.75 Å². The minimum Gasteiger partial charge on any atom is -0.507 e. The van der Waals surface area contributed by atoms with Gasteiger partial charge in [-0.1, -0.05) is 12.1 Å². The monoisotopic (exact) mass is 481 g/mol. The number of halogens is 2. The van der Waals surface area contributed by atoms with Crippen molar-refractivity contribution in [3.05, 3.63) is 62.5 Å². The average molecular weight is 481 g/mol. The van der Waals surface area contributed by atoms with Crippen molar-refractivity contribution in [2.45, 2.75) is 12.1 Å². The number of aromatic hydroxyl groups is 1. The fourth-order valence-corrected chi connectivity index (χ4v) is 4.08. The summed E-state index contributed by atoms with van der Waals surface area (Å²) in [5, 5.41) is 14.7. The van der Waals surface area contributed by atoms with Gasteiger partial charge in [0.05, 0.1) is 10.1 Å². The van der Waals surface area contributed by atoms with Gasteiger partial charge in [0.1, 0.15) is 11.6 Å². The van der Waals surface area contributed by atoms with E-state index in [2.05, 4.69) is 10.6 Å². The number of rotatable bonds is 3. The molecule has 2 aromatic rings. The summed E-state index contributed by atoms with van der Waals surface area (Å²) in [7, 11) is 0. The first-order chi connectivity index (χ1) is 12.8. The maximum atomic E-state index is 13.3. The first-order valence-electron chi connectivity index (χ1n) is 8.01. The van der Waals surface area contributed by atoms with Crippen LogP contribution in [0.3, 0.4) is 0 Å². The van der Waals surface area contributed by atoms with Crippen LogP contribution in [-0.4, -0.2) is 34.4 Å². The molecule has 0 saturated carbocycles. The smallest absolute Gasteiger partial charge is 0.322 e. The van der Waals surface area contributed by atoms with Crippen molar-refractivity contribution in [1.82, 2.24) is 15.5 Å². The predicted molar refractivity (Wildman–Crippen MR) is 100 cm³/mol. The van der Waals surface area contributed by atoms with Gasteiger partial charge in [-0.25, -0.2) is 9.18 Å². The van der Waals surface area contributed by atoms with Crippen molar-refractivity contribution in [2.75, 3.05) is 6.54 Å². The van der Waals surface area contributed by atoms with Crippen molar-refractivity contribution in [3.63, 3.8) is 0 Å². The molecule has 9 heteroatoms. The Labute approximate surface area is 166 Å². The summed E-state index contributed by atoms with van der Waals surface area (Å²) in [6, 6.07) is 7.50. The van der Waals surface area contributed by atoms with Gasteiger partial charge in [-0.2, -0.15) is 0 Å². The number of carbonyl (C=O) groups excluding carboxylic acids is 3. The lowest BCUT2D eigenvalue weighted by molar-refractivity contribution is -0.124. The van der Waals surface area contributed by atoms with Crippen LogP contribution in [0.4, 0.5) is 9.18 Å². The Bertz CT molecular complexity index is 995. The van der Waals surface area contributed by atoms with E-state index in [0.717, 1.165) is 0 Å². The summed E-state index contributed by atoms with van der Waals surface area (Å²) in [5.74, 6) is -1.32. The van der Waals surface area contributed by atoms with Gasteiger partial charge >= 0.3 is 6.03 Å². The number of urea groups is 1. The van der Waals surface area contributed by atoms with E-state index in [1.165, 1.54) is 41.3 Å². The Morgan fingerprint density at radius 3 is 2.48 bits per heavy atom. The molecule has 1 fully saturated rings. The number of fused-ring (bicyclic) bond motifs is 1. The van der Waals surface area contributed by atoms with Crippen LogP contribution in [0.25, 0.3) is 0 Å². The highest BCUT2D eigenvalue weighted by Gasteiger charge is 2.50. The molecule has 0 spiro atoms. The minimum absolute atomic E-state index is 0.0733. The van der Waals surface area contributed by atoms with Gasteiger partial charge in [0.2, 0.25) is 0 Å². The summed E-state index contributed by atoms with van der Waals surface area (Å²) >= 11 is 1.96. The number of hydrogen-bond acceptors (Lipinski definition) is 4. The molecule has 7 nitrogen and oxygen atoms in total. The number of phenols is 1. The molecule has 0 radical (unpaired) electrons. The van der Waals surface area contributed by atoms with E-state index in [0.29, 0.717) is 20.3 Å². The van der Waals surface area contributed by atoms with Crippen molar-refractivity contribution in [3.8, 4) is 5.75 Å². The van der Waals surface area contributed by atoms with Gasteiger partial charge in [-0.15, -0.1) is 0 Å². The molecule has 1 saturated heterocycles. The lowest BCUT2D eigenvalue weighted by atomic mass is 9.89. The van der Waals surface area contributed by atoms with Gasteiger partial charge in [-0.05, 0) is 52.4 Å². The zero-order valence-corrected chi connectivity index (χ0v) is 15.9. The third-order valence-corrected chi connectivity index (χ3v) is 6.00. The van der Waals surface area contributed by atoms with Gasteiger partial charge in [0.15, 0.2) is 5.54 Å². The molecule has 1 atom stereocenters. The van der Waals surface area contributed by atoms with Crippen molar-refractivity contribution < 1.29 is 23.9 Å². The molecule has 0 aliphatic carbocycles. The number of benzene rings is 2. The standard InChI is InChI=1S/C18H13FIN3O4/c19-10-3-1-9(2-4-10)18(16(26)21-17(27)22-18)8-23-7-12-11(15(23)25)5-6-13(24)14(12)20/h1-6,24H,7-8H2,(H2,21,22,26,27). The van der Waals surface area contributed by atoms with E-state index in [1.54, 1.807) is 0 Å². The number of nitrogens with one attached hydrogen (secondary N) is 2. The third-order valence-electron chi connectivity index (χ3n) is 4.80. The molecule has 0 bridgehead atoms. The van der Waals surface area contributed by atoms with Gasteiger partial charge in [0, 0.05) is 17.7 Å². The quantitative estimate of drug-likeness (QED) is 0.461.